The van der Waals surface area contributed by atoms with Gasteiger partial charge in [-0.3, -0.25) is 0 Å². The van der Waals surface area contributed by atoms with E-state index in [9.17, 15) is 13.9 Å². The van der Waals surface area contributed by atoms with E-state index in [1.807, 2.05) is 13.8 Å². The average molecular weight is 307 g/mol. The van der Waals surface area contributed by atoms with E-state index in [4.69, 9.17) is 0 Å². The molecule has 22 heavy (non-hydrogen) atoms. The van der Waals surface area contributed by atoms with Crippen LogP contribution >= 0.6 is 0 Å². The molecule has 6 heteroatoms. The molecule has 4 nitrogen and oxygen atoms in total. The van der Waals surface area contributed by atoms with Gasteiger partial charge in [0.25, 0.3) is 0 Å². The molecule has 2 aromatic rings. The summed E-state index contributed by atoms with van der Waals surface area (Å²) in [6, 6.07) is 5.46. The molecule has 2 atom stereocenters. The molecule has 0 amide bonds. The van der Waals surface area contributed by atoms with Gasteiger partial charge in [-0.05, 0) is 37.5 Å². The Morgan fingerprint density at radius 3 is 2.50 bits per heavy atom. The first-order valence-corrected chi connectivity index (χ1v) is 7.20. The van der Waals surface area contributed by atoms with Gasteiger partial charge in [-0.2, -0.15) is 0 Å². The highest BCUT2D eigenvalue weighted by molar-refractivity contribution is 5.38. The molecule has 0 bridgehead atoms. The molecule has 0 fully saturated rings. The van der Waals surface area contributed by atoms with E-state index in [0.717, 1.165) is 0 Å². The Morgan fingerprint density at radius 2 is 1.86 bits per heavy atom. The van der Waals surface area contributed by atoms with E-state index in [0.29, 0.717) is 24.1 Å². The van der Waals surface area contributed by atoms with Gasteiger partial charge in [-0.1, -0.05) is 19.1 Å². The van der Waals surface area contributed by atoms with Gasteiger partial charge in [0, 0.05) is 6.04 Å². The molecule has 0 radical (unpaired) electrons. The summed E-state index contributed by atoms with van der Waals surface area (Å²) in [6.45, 7) is 3.64. The first-order valence-electron chi connectivity index (χ1n) is 7.20. The smallest absolute Gasteiger partial charge is 0.186 e. The van der Waals surface area contributed by atoms with Crippen LogP contribution in [0.2, 0.25) is 0 Å². The molecule has 1 aromatic carbocycles. The lowest BCUT2D eigenvalue weighted by Crippen LogP contribution is -2.21. The third-order valence-electron chi connectivity index (χ3n) is 3.41. The maximum absolute atomic E-state index is 14.0. The van der Waals surface area contributed by atoms with Gasteiger partial charge in [0.05, 0.1) is 11.8 Å². The predicted octanol–water partition coefficient (Wildman–Crippen LogP) is 3.24. The van der Waals surface area contributed by atoms with Gasteiger partial charge < -0.3 is 10.4 Å². The first kappa shape index (κ1) is 16.3. The standard InChI is InChI=1S/C16H19F2N3O/c1-3-13-15(18)16(20-9-19-13)21-10(2)8-14(22)11-4-6-12(17)7-5-11/h4-7,9-10,14,22H,3,8H2,1-2H3,(H,19,20,21). The summed E-state index contributed by atoms with van der Waals surface area (Å²) < 4.78 is 26.9. The van der Waals surface area contributed by atoms with Crippen LogP contribution in [0.1, 0.15) is 37.6 Å². The second-order valence-corrected chi connectivity index (χ2v) is 5.18. The van der Waals surface area contributed by atoms with Crippen molar-refractivity contribution in [3.8, 4) is 0 Å². The maximum Gasteiger partial charge on any atom is 0.186 e. The van der Waals surface area contributed by atoms with Gasteiger partial charge in [-0.15, -0.1) is 0 Å². The number of aliphatic hydroxyl groups is 1. The van der Waals surface area contributed by atoms with Gasteiger partial charge in [0.1, 0.15) is 12.1 Å². The SMILES string of the molecule is CCc1ncnc(NC(C)CC(O)c2ccc(F)cc2)c1F. The van der Waals surface area contributed by atoms with E-state index in [2.05, 4.69) is 15.3 Å². The molecule has 0 saturated heterocycles. The molecule has 0 aliphatic rings. The van der Waals surface area contributed by atoms with Crippen molar-refractivity contribution in [2.24, 2.45) is 0 Å². The highest BCUT2D eigenvalue weighted by Gasteiger charge is 2.16. The summed E-state index contributed by atoms with van der Waals surface area (Å²) in [6.07, 6.45) is 1.37. The Bertz CT molecular complexity index is 619. The average Bonchev–Trinajstić information content (AvgIpc) is 2.50. The predicted molar refractivity (Wildman–Crippen MR) is 80.4 cm³/mol. The Kier molecular flexibility index (Phi) is 5.38. The Balaban J connectivity index is 2.00. The van der Waals surface area contributed by atoms with Crippen LogP contribution in [0.5, 0.6) is 0 Å². The highest BCUT2D eigenvalue weighted by atomic mass is 19.1. The molecule has 2 N–H and O–H groups in total. The van der Waals surface area contributed by atoms with Crippen molar-refractivity contribution < 1.29 is 13.9 Å². The van der Waals surface area contributed by atoms with Crippen LogP contribution in [-0.4, -0.2) is 21.1 Å². The summed E-state index contributed by atoms with van der Waals surface area (Å²) in [5.41, 5.74) is 0.969. The third-order valence-corrected chi connectivity index (χ3v) is 3.41. The minimum absolute atomic E-state index is 0.130. The van der Waals surface area contributed by atoms with Crippen LogP contribution in [0.4, 0.5) is 14.6 Å². The summed E-state index contributed by atoms with van der Waals surface area (Å²) in [5, 5.41) is 13.1. The summed E-state index contributed by atoms with van der Waals surface area (Å²) in [4.78, 5) is 7.76. The van der Waals surface area contributed by atoms with E-state index < -0.39 is 11.9 Å². The molecule has 2 unspecified atom stereocenters. The summed E-state index contributed by atoms with van der Waals surface area (Å²) in [5.74, 6) is -0.684. The van der Waals surface area contributed by atoms with Crippen molar-refractivity contribution in [2.75, 3.05) is 5.32 Å². The number of aliphatic hydroxyl groups excluding tert-OH is 1. The van der Waals surface area contributed by atoms with Gasteiger partial charge in [0.15, 0.2) is 11.6 Å². The zero-order valence-electron chi connectivity index (χ0n) is 12.6. The quantitative estimate of drug-likeness (QED) is 0.860. The number of aromatic nitrogens is 2. The molecule has 0 aliphatic carbocycles. The third kappa shape index (κ3) is 3.98. The van der Waals surface area contributed by atoms with Gasteiger partial charge in [-0.25, -0.2) is 18.7 Å². The molecule has 1 aromatic heterocycles. The fourth-order valence-electron chi connectivity index (χ4n) is 2.20. The fourth-order valence-corrected chi connectivity index (χ4v) is 2.20. The van der Waals surface area contributed by atoms with Crippen LogP contribution in [0, 0.1) is 11.6 Å². The van der Waals surface area contributed by atoms with Crippen LogP contribution in [0.15, 0.2) is 30.6 Å². The van der Waals surface area contributed by atoms with E-state index >= 15 is 0 Å². The van der Waals surface area contributed by atoms with Crippen LogP contribution in [0.3, 0.4) is 0 Å². The number of nitrogens with zero attached hydrogens (tertiary/aromatic N) is 2. The molecule has 118 valence electrons. The van der Waals surface area contributed by atoms with Crippen molar-refractivity contribution in [1.29, 1.82) is 0 Å². The summed E-state index contributed by atoms with van der Waals surface area (Å²) >= 11 is 0. The van der Waals surface area contributed by atoms with E-state index in [1.54, 1.807) is 0 Å². The minimum Gasteiger partial charge on any atom is -0.388 e. The summed E-state index contributed by atoms with van der Waals surface area (Å²) in [7, 11) is 0. The minimum atomic E-state index is -0.765. The number of aryl methyl sites for hydroxylation is 1. The first-order chi connectivity index (χ1) is 10.5. The molecule has 0 aliphatic heterocycles. The van der Waals surface area contributed by atoms with Crippen molar-refractivity contribution in [3.05, 3.63) is 53.5 Å². The number of hydrogen-bond acceptors (Lipinski definition) is 4. The largest absolute Gasteiger partial charge is 0.388 e. The maximum atomic E-state index is 14.0. The van der Waals surface area contributed by atoms with E-state index in [-0.39, 0.29) is 17.7 Å². The zero-order chi connectivity index (χ0) is 16.1. The van der Waals surface area contributed by atoms with E-state index in [1.165, 1.54) is 30.6 Å². The molecule has 0 spiro atoms. The number of halogens is 2. The Morgan fingerprint density at radius 1 is 1.18 bits per heavy atom. The van der Waals surface area contributed by atoms with Crippen molar-refractivity contribution in [1.82, 2.24) is 9.97 Å². The molecular formula is C16H19F2N3O. The number of nitrogens with one attached hydrogen (secondary N) is 1. The van der Waals surface area contributed by atoms with Crippen LogP contribution in [0.25, 0.3) is 0 Å². The molecule has 2 rings (SSSR count). The van der Waals surface area contributed by atoms with Crippen LogP contribution < -0.4 is 5.32 Å². The molecular weight excluding hydrogens is 288 g/mol. The number of hydrogen-bond donors (Lipinski definition) is 2. The number of anilines is 1. The number of rotatable bonds is 6. The second kappa shape index (κ2) is 7.26. The monoisotopic (exact) mass is 307 g/mol. The lowest BCUT2D eigenvalue weighted by molar-refractivity contribution is 0.162. The number of benzene rings is 1. The van der Waals surface area contributed by atoms with Crippen molar-refractivity contribution in [2.45, 2.75) is 38.8 Å². The lowest BCUT2D eigenvalue weighted by Gasteiger charge is -2.19. The van der Waals surface area contributed by atoms with Crippen molar-refractivity contribution >= 4 is 5.82 Å². The topological polar surface area (TPSA) is 58.0 Å². The fraction of sp³-hybridized carbons (Fsp3) is 0.375. The second-order valence-electron chi connectivity index (χ2n) is 5.18. The molecule has 0 saturated carbocycles. The van der Waals surface area contributed by atoms with Gasteiger partial charge in [0.2, 0.25) is 0 Å². The van der Waals surface area contributed by atoms with Gasteiger partial charge >= 0.3 is 0 Å². The Labute approximate surface area is 128 Å². The lowest BCUT2D eigenvalue weighted by atomic mass is 10.0. The normalized spacial score (nSPS) is 13.7. The van der Waals surface area contributed by atoms with Crippen molar-refractivity contribution in [3.63, 3.8) is 0 Å². The highest BCUT2D eigenvalue weighted by Crippen LogP contribution is 2.21. The van der Waals surface area contributed by atoms with Crippen LogP contribution in [-0.2, 0) is 6.42 Å². The zero-order valence-corrected chi connectivity index (χ0v) is 12.6. The Hall–Kier alpha value is -2.08. The molecule has 1 heterocycles.